The maximum Gasteiger partial charge on any atom is 0.234 e. The molecule has 2 N–H and O–H groups in total. The van der Waals surface area contributed by atoms with E-state index in [1.54, 1.807) is 11.8 Å². The number of benzene rings is 2. The number of thioether (sulfide) groups is 1. The zero-order valence-electron chi connectivity index (χ0n) is 13.2. The van der Waals surface area contributed by atoms with E-state index in [-0.39, 0.29) is 11.2 Å². The van der Waals surface area contributed by atoms with Crippen molar-refractivity contribution in [3.05, 3.63) is 59.9 Å². The molecule has 0 saturated carbocycles. The van der Waals surface area contributed by atoms with Crippen LogP contribution in [-0.4, -0.2) is 21.6 Å². The molecule has 5 heteroatoms. The monoisotopic (exact) mass is 325 g/mol. The van der Waals surface area contributed by atoms with Gasteiger partial charge in [0.25, 0.3) is 0 Å². The smallest absolute Gasteiger partial charge is 0.234 e. The average Bonchev–Trinajstić information content (AvgIpc) is 2.99. The lowest BCUT2D eigenvalue weighted by Gasteiger charge is -2.10. The number of carbonyl (C=O) groups excluding carboxylic acids is 1. The van der Waals surface area contributed by atoms with Crippen LogP contribution in [0.15, 0.2) is 48.5 Å². The third-order valence-corrected chi connectivity index (χ3v) is 4.83. The Balaban J connectivity index is 1.59. The molecule has 3 aromatic rings. The zero-order valence-corrected chi connectivity index (χ0v) is 14.0. The minimum absolute atomic E-state index is 0.00672. The molecule has 2 aromatic carbocycles. The maximum atomic E-state index is 12.1. The summed E-state index contributed by atoms with van der Waals surface area (Å²) in [4.78, 5) is 20.0. The van der Waals surface area contributed by atoms with Crippen LogP contribution in [0.2, 0.25) is 0 Å². The SMILES string of the molecule is Cc1ccccc1NC(=O)CSC(C)c1nc2ccccc2[nH]1. The Kier molecular flexibility index (Phi) is 4.67. The van der Waals surface area contributed by atoms with Gasteiger partial charge in [0.1, 0.15) is 5.82 Å². The average molecular weight is 325 g/mol. The Morgan fingerprint density at radius 1 is 1.22 bits per heavy atom. The van der Waals surface area contributed by atoms with E-state index in [0.717, 1.165) is 28.1 Å². The predicted molar refractivity (Wildman–Crippen MR) is 96.8 cm³/mol. The molecule has 1 atom stereocenters. The van der Waals surface area contributed by atoms with Crippen LogP contribution in [0.4, 0.5) is 5.69 Å². The first-order chi connectivity index (χ1) is 11.1. The number of aryl methyl sites for hydroxylation is 1. The van der Waals surface area contributed by atoms with Crippen molar-refractivity contribution in [1.82, 2.24) is 9.97 Å². The minimum atomic E-state index is 0.00672. The van der Waals surface area contributed by atoms with E-state index in [4.69, 9.17) is 0 Å². The summed E-state index contributed by atoms with van der Waals surface area (Å²) >= 11 is 1.57. The lowest BCUT2D eigenvalue weighted by Crippen LogP contribution is -2.15. The molecule has 0 radical (unpaired) electrons. The van der Waals surface area contributed by atoms with Crippen LogP contribution >= 0.6 is 11.8 Å². The van der Waals surface area contributed by atoms with Crippen molar-refractivity contribution in [2.45, 2.75) is 19.1 Å². The van der Waals surface area contributed by atoms with Gasteiger partial charge in [0.2, 0.25) is 5.91 Å². The minimum Gasteiger partial charge on any atom is -0.341 e. The summed E-state index contributed by atoms with van der Waals surface area (Å²) in [5.41, 5.74) is 3.92. The number of para-hydroxylation sites is 3. The second-order valence-electron chi connectivity index (χ2n) is 5.46. The van der Waals surface area contributed by atoms with Gasteiger partial charge in [0, 0.05) is 5.69 Å². The van der Waals surface area contributed by atoms with E-state index >= 15 is 0 Å². The lowest BCUT2D eigenvalue weighted by atomic mass is 10.2. The van der Waals surface area contributed by atoms with E-state index in [1.807, 2.05) is 55.5 Å². The maximum absolute atomic E-state index is 12.1. The number of amides is 1. The number of fused-ring (bicyclic) bond motifs is 1. The molecule has 0 aliphatic rings. The molecule has 4 nitrogen and oxygen atoms in total. The number of nitrogens with one attached hydrogen (secondary N) is 2. The van der Waals surface area contributed by atoms with Gasteiger partial charge in [-0.05, 0) is 37.6 Å². The van der Waals surface area contributed by atoms with Gasteiger partial charge in [-0.3, -0.25) is 4.79 Å². The third-order valence-electron chi connectivity index (χ3n) is 3.68. The van der Waals surface area contributed by atoms with Gasteiger partial charge >= 0.3 is 0 Å². The van der Waals surface area contributed by atoms with Gasteiger partial charge in [-0.15, -0.1) is 11.8 Å². The van der Waals surface area contributed by atoms with Gasteiger partial charge in [-0.1, -0.05) is 30.3 Å². The largest absolute Gasteiger partial charge is 0.341 e. The number of hydrogen-bond donors (Lipinski definition) is 2. The summed E-state index contributed by atoms with van der Waals surface area (Å²) < 4.78 is 0. The quantitative estimate of drug-likeness (QED) is 0.735. The number of rotatable bonds is 5. The van der Waals surface area contributed by atoms with Crippen LogP contribution in [0.5, 0.6) is 0 Å². The van der Waals surface area contributed by atoms with Crippen LogP contribution in [0.25, 0.3) is 11.0 Å². The van der Waals surface area contributed by atoms with Crippen molar-refractivity contribution in [2.24, 2.45) is 0 Å². The van der Waals surface area contributed by atoms with Gasteiger partial charge < -0.3 is 10.3 Å². The first-order valence-electron chi connectivity index (χ1n) is 7.55. The van der Waals surface area contributed by atoms with E-state index in [2.05, 4.69) is 22.2 Å². The Labute approximate surface area is 139 Å². The molecule has 0 spiro atoms. The molecular formula is C18H19N3OS. The number of H-pyrrole nitrogens is 1. The molecule has 0 saturated heterocycles. The fraction of sp³-hybridized carbons (Fsp3) is 0.222. The Morgan fingerprint density at radius 3 is 2.74 bits per heavy atom. The van der Waals surface area contributed by atoms with Gasteiger partial charge in [0.05, 0.1) is 22.0 Å². The molecule has 0 aliphatic heterocycles. The van der Waals surface area contributed by atoms with Crippen molar-refractivity contribution >= 4 is 34.4 Å². The topological polar surface area (TPSA) is 57.8 Å². The molecule has 118 valence electrons. The summed E-state index contributed by atoms with van der Waals surface area (Å²) in [6, 6.07) is 15.7. The van der Waals surface area contributed by atoms with Crippen molar-refractivity contribution in [3.8, 4) is 0 Å². The first kappa shape index (κ1) is 15.6. The van der Waals surface area contributed by atoms with Crippen LogP contribution in [0.3, 0.4) is 0 Å². The third kappa shape index (κ3) is 3.74. The standard InChI is InChI=1S/C18H19N3OS/c1-12-7-3-4-8-14(12)19-17(22)11-23-13(2)18-20-15-9-5-6-10-16(15)21-18/h3-10,13H,11H2,1-2H3,(H,19,22)(H,20,21). The number of aromatic amines is 1. The van der Waals surface area contributed by atoms with Gasteiger partial charge in [0.15, 0.2) is 0 Å². The molecule has 1 unspecified atom stereocenters. The number of aromatic nitrogens is 2. The molecule has 0 fully saturated rings. The molecular weight excluding hydrogens is 306 g/mol. The van der Waals surface area contributed by atoms with Crippen LogP contribution in [0.1, 0.15) is 23.6 Å². The molecule has 23 heavy (non-hydrogen) atoms. The van der Waals surface area contributed by atoms with Crippen LogP contribution in [-0.2, 0) is 4.79 Å². The van der Waals surface area contributed by atoms with Crippen molar-refractivity contribution in [3.63, 3.8) is 0 Å². The number of hydrogen-bond acceptors (Lipinski definition) is 3. The highest BCUT2D eigenvalue weighted by molar-refractivity contribution is 8.00. The summed E-state index contributed by atoms with van der Waals surface area (Å²) in [5.74, 6) is 1.30. The summed E-state index contributed by atoms with van der Waals surface area (Å²) in [7, 11) is 0. The predicted octanol–water partition coefficient (Wildman–Crippen LogP) is 4.30. The van der Waals surface area contributed by atoms with E-state index in [1.165, 1.54) is 0 Å². The van der Waals surface area contributed by atoms with Crippen LogP contribution < -0.4 is 5.32 Å². The molecule has 0 bridgehead atoms. The van der Waals surface area contributed by atoms with Crippen LogP contribution in [0, 0.1) is 6.92 Å². The molecule has 1 heterocycles. The molecule has 1 aromatic heterocycles. The second-order valence-corrected chi connectivity index (χ2v) is 6.78. The summed E-state index contributed by atoms with van der Waals surface area (Å²) in [6.45, 7) is 4.04. The van der Waals surface area contributed by atoms with Crippen molar-refractivity contribution < 1.29 is 4.79 Å². The number of anilines is 1. The fourth-order valence-corrected chi connectivity index (χ4v) is 3.09. The molecule has 1 amide bonds. The van der Waals surface area contributed by atoms with E-state index in [9.17, 15) is 4.79 Å². The highest BCUT2D eigenvalue weighted by Crippen LogP contribution is 2.27. The Bertz CT molecular complexity index is 795. The highest BCUT2D eigenvalue weighted by atomic mass is 32.2. The normalized spacial score (nSPS) is 12.3. The first-order valence-corrected chi connectivity index (χ1v) is 8.60. The zero-order chi connectivity index (χ0) is 16.2. The number of imidazole rings is 1. The van der Waals surface area contributed by atoms with Gasteiger partial charge in [-0.25, -0.2) is 4.98 Å². The summed E-state index contributed by atoms with van der Waals surface area (Å²) in [6.07, 6.45) is 0. The molecule has 3 rings (SSSR count). The number of carbonyl (C=O) groups is 1. The van der Waals surface area contributed by atoms with E-state index in [0.29, 0.717) is 5.75 Å². The Hall–Kier alpha value is -2.27. The number of nitrogens with zero attached hydrogens (tertiary/aromatic N) is 1. The van der Waals surface area contributed by atoms with E-state index < -0.39 is 0 Å². The highest BCUT2D eigenvalue weighted by Gasteiger charge is 2.13. The van der Waals surface area contributed by atoms with Crippen molar-refractivity contribution in [2.75, 3.05) is 11.1 Å². The van der Waals surface area contributed by atoms with Gasteiger partial charge in [-0.2, -0.15) is 0 Å². The Morgan fingerprint density at radius 2 is 1.96 bits per heavy atom. The van der Waals surface area contributed by atoms with Crippen molar-refractivity contribution in [1.29, 1.82) is 0 Å². The molecule has 0 aliphatic carbocycles. The lowest BCUT2D eigenvalue weighted by molar-refractivity contribution is -0.113. The second kappa shape index (κ2) is 6.87. The summed E-state index contributed by atoms with van der Waals surface area (Å²) in [5, 5.41) is 3.08. The fourth-order valence-electron chi connectivity index (χ4n) is 2.34.